The van der Waals surface area contributed by atoms with Gasteiger partial charge in [0.15, 0.2) is 10.4 Å². The molecule has 0 unspecified atom stereocenters. The Labute approximate surface area is 191 Å². The molecule has 0 saturated carbocycles. The Morgan fingerprint density at radius 2 is 1.71 bits per heavy atom. The van der Waals surface area contributed by atoms with Gasteiger partial charge in [-0.05, 0) is 57.2 Å². The average Bonchev–Trinajstić information content (AvgIpc) is 3.16. The summed E-state index contributed by atoms with van der Waals surface area (Å²) in [5.41, 5.74) is 1.51. The van der Waals surface area contributed by atoms with Crippen molar-refractivity contribution in [3.05, 3.63) is 85.8 Å². The maximum absolute atomic E-state index is 13.2. The number of fused-ring (bicyclic) bond motifs is 1. The predicted octanol–water partition coefficient (Wildman–Crippen LogP) is 6.99. The second kappa shape index (κ2) is 8.02. The molecular formula is C24H18BrClO5. The van der Waals surface area contributed by atoms with Gasteiger partial charge in [0.05, 0.1) is 5.39 Å². The highest BCUT2D eigenvalue weighted by Gasteiger charge is 2.23. The number of benzene rings is 2. The van der Waals surface area contributed by atoms with Crippen molar-refractivity contribution in [3.63, 3.8) is 0 Å². The Kier molecular flexibility index (Phi) is 5.54. The minimum atomic E-state index is -0.813. The highest BCUT2D eigenvalue weighted by atomic mass is 79.9. The van der Waals surface area contributed by atoms with Gasteiger partial charge >= 0.3 is 5.97 Å². The van der Waals surface area contributed by atoms with Crippen LogP contribution in [0.25, 0.3) is 22.3 Å². The molecule has 0 fully saturated rings. The third kappa shape index (κ3) is 4.31. The number of carbonyl (C=O) groups is 1. The molecule has 2 aromatic heterocycles. The Morgan fingerprint density at radius 1 is 1.00 bits per heavy atom. The number of furan rings is 1. The van der Waals surface area contributed by atoms with Crippen LogP contribution < -0.4 is 10.2 Å². The summed E-state index contributed by atoms with van der Waals surface area (Å²) >= 11 is 9.20. The van der Waals surface area contributed by atoms with Crippen LogP contribution in [0.1, 0.15) is 36.9 Å². The van der Waals surface area contributed by atoms with E-state index in [4.69, 9.17) is 25.2 Å². The molecule has 0 spiro atoms. The molecule has 158 valence electrons. The SMILES string of the molecule is CC(C)(C)c1ccc(-c2oc3ccc(Cl)cc3c(=O)c2OC(=O)c2ccc(Br)o2)cc1. The zero-order chi connectivity index (χ0) is 22.3. The second-order valence-electron chi connectivity index (χ2n) is 8.05. The molecule has 0 aliphatic carbocycles. The lowest BCUT2D eigenvalue weighted by Gasteiger charge is -2.19. The molecule has 4 rings (SSSR count). The summed E-state index contributed by atoms with van der Waals surface area (Å²) in [7, 11) is 0. The van der Waals surface area contributed by atoms with Crippen LogP contribution in [0.2, 0.25) is 5.02 Å². The first-order valence-electron chi connectivity index (χ1n) is 9.48. The molecule has 0 aliphatic rings. The molecule has 0 aliphatic heterocycles. The van der Waals surface area contributed by atoms with Crippen LogP contribution in [0.4, 0.5) is 0 Å². The van der Waals surface area contributed by atoms with Crippen molar-refractivity contribution in [2.24, 2.45) is 0 Å². The topological polar surface area (TPSA) is 69.7 Å². The maximum Gasteiger partial charge on any atom is 0.379 e. The lowest BCUT2D eigenvalue weighted by molar-refractivity contribution is 0.0696. The van der Waals surface area contributed by atoms with Gasteiger partial charge in [0.25, 0.3) is 0 Å². The molecule has 0 bridgehead atoms. The van der Waals surface area contributed by atoms with Gasteiger partial charge < -0.3 is 13.6 Å². The number of ether oxygens (including phenoxy) is 1. The first-order chi connectivity index (χ1) is 14.6. The van der Waals surface area contributed by atoms with Gasteiger partial charge in [-0.2, -0.15) is 0 Å². The molecule has 2 aromatic carbocycles. The number of hydrogen-bond donors (Lipinski definition) is 0. The number of halogens is 2. The Bertz CT molecular complexity index is 1340. The smallest absolute Gasteiger partial charge is 0.379 e. The summed E-state index contributed by atoms with van der Waals surface area (Å²) in [5.74, 6) is -0.937. The van der Waals surface area contributed by atoms with Crippen LogP contribution in [-0.2, 0) is 5.41 Å². The first kappa shape index (κ1) is 21.4. The van der Waals surface area contributed by atoms with Crippen molar-refractivity contribution in [2.75, 3.05) is 0 Å². The monoisotopic (exact) mass is 500 g/mol. The van der Waals surface area contributed by atoms with Crippen LogP contribution in [0.3, 0.4) is 0 Å². The quantitative estimate of drug-likeness (QED) is 0.283. The third-order valence-electron chi connectivity index (χ3n) is 4.79. The van der Waals surface area contributed by atoms with Crippen LogP contribution in [0.15, 0.2) is 72.9 Å². The normalized spacial score (nSPS) is 11.6. The lowest BCUT2D eigenvalue weighted by atomic mass is 9.86. The van der Waals surface area contributed by atoms with E-state index in [1.165, 1.54) is 12.1 Å². The minimum Gasteiger partial charge on any atom is -0.452 e. The van der Waals surface area contributed by atoms with Crippen molar-refractivity contribution < 1.29 is 18.4 Å². The third-order valence-corrected chi connectivity index (χ3v) is 5.45. The van der Waals surface area contributed by atoms with E-state index in [0.717, 1.165) is 5.56 Å². The van der Waals surface area contributed by atoms with Crippen molar-refractivity contribution in [1.82, 2.24) is 0 Å². The molecule has 0 saturated heterocycles. The standard InChI is InChI=1S/C24H18BrClO5/c1-24(2,3)14-6-4-13(5-7-14)21-22(31-23(28)18-10-11-19(25)29-18)20(27)16-12-15(26)8-9-17(16)30-21/h4-12H,1-3H3. The van der Waals surface area contributed by atoms with E-state index in [1.807, 2.05) is 24.3 Å². The first-order valence-corrected chi connectivity index (χ1v) is 10.7. The van der Waals surface area contributed by atoms with E-state index in [9.17, 15) is 9.59 Å². The summed E-state index contributed by atoms with van der Waals surface area (Å²) < 4.78 is 17.1. The summed E-state index contributed by atoms with van der Waals surface area (Å²) in [5, 5.41) is 0.584. The molecule has 0 radical (unpaired) electrons. The van der Waals surface area contributed by atoms with Gasteiger partial charge in [0.2, 0.25) is 16.9 Å². The summed E-state index contributed by atoms with van der Waals surface area (Å²) in [6, 6.07) is 15.3. The summed E-state index contributed by atoms with van der Waals surface area (Å²) in [4.78, 5) is 25.8. The van der Waals surface area contributed by atoms with Crippen LogP contribution >= 0.6 is 27.5 Å². The Hall–Kier alpha value is -2.83. The van der Waals surface area contributed by atoms with Gasteiger partial charge in [-0.1, -0.05) is 56.6 Å². The fraction of sp³-hybridized carbons (Fsp3) is 0.167. The van der Waals surface area contributed by atoms with Crippen molar-refractivity contribution >= 4 is 44.5 Å². The van der Waals surface area contributed by atoms with Crippen LogP contribution in [0, 0.1) is 0 Å². The molecule has 31 heavy (non-hydrogen) atoms. The largest absolute Gasteiger partial charge is 0.452 e. The molecule has 4 aromatic rings. The van der Waals surface area contributed by atoms with Gasteiger partial charge in [-0.3, -0.25) is 4.79 Å². The molecule has 5 nitrogen and oxygen atoms in total. The number of rotatable bonds is 3. The minimum absolute atomic E-state index is 0.0402. The predicted molar refractivity (Wildman–Crippen MR) is 123 cm³/mol. The van der Waals surface area contributed by atoms with E-state index >= 15 is 0 Å². The van der Waals surface area contributed by atoms with Crippen LogP contribution in [-0.4, -0.2) is 5.97 Å². The number of hydrogen-bond acceptors (Lipinski definition) is 5. The summed E-state index contributed by atoms with van der Waals surface area (Å²) in [6.07, 6.45) is 0. The van der Waals surface area contributed by atoms with Crippen molar-refractivity contribution in [2.45, 2.75) is 26.2 Å². The highest BCUT2D eigenvalue weighted by Crippen LogP contribution is 2.34. The summed E-state index contributed by atoms with van der Waals surface area (Å²) in [6.45, 7) is 6.32. The van der Waals surface area contributed by atoms with Crippen molar-refractivity contribution in [3.8, 4) is 17.1 Å². The van der Waals surface area contributed by atoms with Gasteiger partial charge in [-0.25, -0.2) is 4.79 Å². The molecule has 0 N–H and O–H groups in total. The maximum atomic E-state index is 13.2. The second-order valence-corrected chi connectivity index (χ2v) is 9.27. The fourth-order valence-electron chi connectivity index (χ4n) is 3.12. The Morgan fingerprint density at radius 3 is 2.32 bits per heavy atom. The number of esters is 1. The van der Waals surface area contributed by atoms with E-state index in [0.29, 0.717) is 20.8 Å². The van der Waals surface area contributed by atoms with Gasteiger partial charge in [-0.15, -0.1) is 0 Å². The highest BCUT2D eigenvalue weighted by molar-refractivity contribution is 9.10. The number of carbonyl (C=O) groups excluding carboxylic acids is 1. The molecule has 2 heterocycles. The molecular weight excluding hydrogens is 484 g/mol. The van der Waals surface area contributed by atoms with E-state index in [1.54, 1.807) is 18.2 Å². The van der Waals surface area contributed by atoms with Crippen LogP contribution in [0.5, 0.6) is 5.75 Å². The van der Waals surface area contributed by atoms with E-state index in [2.05, 4.69) is 36.7 Å². The van der Waals surface area contributed by atoms with Crippen molar-refractivity contribution in [1.29, 1.82) is 0 Å². The van der Waals surface area contributed by atoms with Gasteiger partial charge in [0.1, 0.15) is 5.58 Å². The molecule has 0 amide bonds. The molecule has 7 heteroatoms. The van der Waals surface area contributed by atoms with E-state index in [-0.39, 0.29) is 28.1 Å². The zero-order valence-corrected chi connectivity index (χ0v) is 19.3. The van der Waals surface area contributed by atoms with E-state index < -0.39 is 11.4 Å². The average molecular weight is 502 g/mol. The Balaban J connectivity index is 1.88. The van der Waals surface area contributed by atoms with Gasteiger partial charge in [0, 0.05) is 10.6 Å². The fourth-order valence-corrected chi connectivity index (χ4v) is 3.60. The zero-order valence-electron chi connectivity index (χ0n) is 17.0. The molecule has 0 atom stereocenters. The lowest BCUT2D eigenvalue weighted by Crippen LogP contribution is -2.16.